The summed E-state index contributed by atoms with van der Waals surface area (Å²) in [5, 5.41) is 3.29. The molecule has 0 amide bonds. The second-order valence-corrected chi connectivity index (χ2v) is 4.89. The average molecular weight is 275 g/mol. The smallest absolute Gasteiger partial charge is 0.159 e. The molecule has 1 unspecified atom stereocenters. The first-order chi connectivity index (χ1) is 9.70. The van der Waals surface area contributed by atoms with E-state index in [1.54, 1.807) is 6.07 Å². The summed E-state index contributed by atoms with van der Waals surface area (Å²) < 4.78 is 25.9. The molecule has 0 aromatic heterocycles. The lowest BCUT2D eigenvalue weighted by molar-refractivity contribution is 0.503. The minimum absolute atomic E-state index is 0.293. The van der Waals surface area contributed by atoms with Crippen molar-refractivity contribution in [3.05, 3.63) is 71.3 Å². The molecule has 1 atom stereocenters. The fourth-order valence-electron chi connectivity index (χ4n) is 2.37. The molecule has 0 spiro atoms. The Morgan fingerprint density at radius 1 is 1.00 bits per heavy atom. The lowest BCUT2D eigenvalue weighted by Crippen LogP contribution is -2.16. The molecular weight excluding hydrogens is 256 g/mol. The summed E-state index contributed by atoms with van der Waals surface area (Å²) in [7, 11) is 1.94. The van der Waals surface area contributed by atoms with Gasteiger partial charge in [-0.05, 0) is 49.6 Å². The molecule has 0 radical (unpaired) electrons. The Morgan fingerprint density at radius 3 is 2.40 bits per heavy atom. The molecule has 0 bridgehead atoms. The van der Waals surface area contributed by atoms with E-state index in [9.17, 15) is 8.78 Å². The molecule has 0 saturated heterocycles. The maximum Gasteiger partial charge on any atom is 0.159 e. The highest BCUT2D eigenvalue weighted by Crippen LogP contribution is 2.19. The van der Waals surface area contributed by atoms with Crippen LogP contribution in [0.3, 0.4) is 0 Å². The van der Waals surface area contributed by atoms with Gasteiger partial charge >= 0.3 is 0 Å². The third-order valence-electron chi connectivity index (χ3n) is 3.49. The van der Waals surface area contributed by atoms with Crippen LogP contribution in [0.15, 0.2) is 48.5 Å². The van der Waals surface area contributed by atoms with Gasteiger partial charge in [0.15, 0.2) is 11.6 Å². The Hall–Kier alpha value is -1.74. The van der Waals surface area contributed by atoms with Gasteiger partial charge in [-0.15, -0.1) is 0 Å². The van der Waals surface area contributed by atoms with Crippen molar-refractivity contribution in [2.45, 2.75) is 25.3 Å². The third-order valence-corrected chi connectivity index (χ3v) is 3.49. The van der Waals surface area contributed by atoms with Crippen molar-refractivity contribution in [3.8, 4) is 0 Å². The zero-order chi connectivity index (χ0) is 14.4. The Labute approximate surface area is 118 Å². The Balaban J connectivity index is 1.89. The summed E-state index contributed by atoms with van der Waals surface area (Å²) in [5.74, 6) is -1.55. The molecule has 106 valence electrons. The van der Waals surface area contributed by atoms with E-state index in [0.29, 0.717) is 6.04 Å². The molecule has 0 fully saturated rings. The van der Waals surface area contributed by atoms with Crippen molar-refractivity contribution in [1.29, 1.82) is 0 Å². The van der Waals surface area contributed by atoms with Gasteiger partial charge in [-0.2, -0.15) is 0 Å². The van der Waals surface area contributed by atoms with E-state index in [0.717, 1.165) is 24.8 Å². The van der Waals surface area contributed by atoms with Crippen LogP contribution in [0.4, 0.5) is 8.78 Å². The van der Waals surface area contributed by atoms with Crippen molar-refractivity contribution >= 4 is 0 Å². The van der Waals surface area contributed by atoms with Crippen molar-refractivity contribution < 1.29 is 8.78 Å². The Bertz CT molecular complexity index is 540. The lowest BCUT2D eigenvalue weighted by Gasteiger charge is -2.16. The fraction of sp³-hybridized carbons (Fsp3) is 0.294. The van der Waals surface area contributed by atoms with Crippen LogP contribution in [0.1, 0.15) is 30.0 Å². The predicted octanol–water partition coefficient (Wildman–Crippen LogP) is 4.25. The SMILES string of the molecule is CNC(CCCc1ccc(F)c(F)c1)c1ccccc1. The first-order valence-electron chi connectivity index (χ1n) is 6.87. The standard InChI is InChI=1S/C17H19F2N/c1-20-17(14-7-3-2-4-8-14)9-5-6-13-10-11-15(18)16(19)12-13/h2-4,7-8,10-12,17,20H,5-6,9H2,1H3. The van der Waals surface area contributed by atoms with E-state index in [1.807, 2.05) is 25.2 Å². The predicted molar refractivity (Wildman–Crippen MR) is 77.5 cm³/mol. The van der Waals surface area contributed by atoms with Crippen LogP contribution in [-0.4, -0.2) is 7.05 Å². The van der Waals surface area contributed by atoms with Crippen LogP contribution in [0.5, 0.6) is 0 Å². The van der Waals surface area contributed by atoms with Gasteiger partial charge < -0.3 is 5.32 Å². The van der Waals surface area contributed by atoms with Gasteiger partial charge in [0, 0.05) is 6.04 Å². The number of hydrogen-bond acceptors (Lipinski definition) is 1. The summed E-state index contributed by atoms with van der Waals surface area (Å²) in [6, 6.07) is 14.7. The third kappa shape index (κ3) is 3.87. The Morgan fingerprint density at radius 2 is 1.75 bits per heavy atom. The Kier molecular flexibility index (Phi) is 5.24. The van der Waals surface area contributed by atoms with Gasteiger partial charge in [0.2, 0.25) is 0 Å². The molecule has 1 N–H and O–H groups in total. The van der Waals surface area contributed by atoms with E-state index in [1.165, 1.54) is 17.7 Å². The van der Waals surface area contributed by atoms with Gasteiger partial charge in [-0.25, -0.2) is 8.78 Å². The van der Waals surface area contributed by atoms with Crippen molar-refractivity contribution in [2.75, 3.05) is 7.05 Å². The molecule has 20 heavy (non-hydrogen) atoms. The topological polar surface area (TPSA) is 12.0 Å². The molecule has 0 aliphatic heterocycles. The number of halogens is 2. The molecule has 2 rings (SSSR count). The zero-order valence-corrected chi connectivity index (χ0v) is 11.6. The average Bonchev–Trinajstić information content (AvgIpc) is 2.48. The number of rotatable bonds is 6. The normalized spacial score (nSPS) is 12.3. The molecule has 0 heterocycles. The highest BCUT2D eigenvalue weighted by atomic mass is 19.2. The minimum Gasteiger partial charge on any atom is -0.313 e. The van der Waals surface area contributed by atoms with Crippen molar-refractivity contribution in [2.24, 2.45) is 0 Å². The highest BCUT2D eigenvalue weighted by molar-refractivity contribution is 5.20. The van der Waals surface area contributed by atoms with Crippen molar-refractivity contribution in [3.63, 3.8) is 0 Å². The summed E-state index contributed by atoms with van der Waals surface area (Å²) in [5.41, 5.74) is 2.09. The molecular formula is C17H19F2N. The minimum atomic E-state index is -0.786. The molecule has 3 heteroatoms. The number of nitrogens with one attached hydrogen (secondary N) is 1. The summed E-state index contributed by atoms with van der Waals surface area (Å²) in [6.45, 7) is 0. The van der Waals surface area contributed by atoms with E-state index < -0.39 is 11.6 Å². The first kappa shape index (κ1) is 14.7. The van der Waals surface area contributed by atoms with Crippen molar-refractivity contribution in [1.82, 2.24) is 5.32 Å². The monoisotopic (exact) mass is 275 g/mol. The van der Waals surface area contributed by atoms with Gasteiger partial charge in [0.1, 0.15) is 0 Å². The summed E-state index contributed by atoms with van der Waals surface area (Å²) in [4.78, 5) is 0. The zero-order valence-electron chi connectivity index (χ0n) is 11.6. The maximum absolute atomic E-state index is 13.1. The van der Waals surface area contributed by atoms with Gasteiger partial charge in [0.05, 0.1) is 0 Å². The van der Waals surface area contributed by atoms with Crippen LogP contribution in [0.25, 0.3) is 0 Å². The molecule has 2 aromatic carbocycles. The second-order valence-electron chi connectivity index (χ2n) is 4.89. The highest BCUT2D eigenvalue weighted by Gasteiger charge is 2.09. The van der Waals surface area contributed by atoms with Crippen LogP contribution >= 0.6 is 0 Å². The maximum atomic E-state index is 13.1. The first-order valence-corrected chi connectivity index (χ1v) is 6.87. The molecule has 0 aliphatic carbocycles. The quantitative estimate of drug-likeness (QED) is 0.831. The van der Waals surface area contributed by atoms with E-state index in [4.69, 9.17) is 0 Å². The molecule has 2 aromatic rings. The van der Waals surface area contributed by atoms with Gasteiger partial charge in [-0.3, -0.25) is 0 Å². The summed E-state index contributed by atoms with van der Waals surface area (Å²) in [6.07, 6.45) is 2.63. The van der Waals surface area contributed by atoms with Gasteiger partial charge in [0.25, 0.3) is 0 Å². The van der Waals surface area contributed by atoms with Crippen LogP contribution in [0, 0.1) is 11.6 Å². The van der Waals surface area contributed by atoms with E-state index in [-0.39, 0.29) is 0 Å². The fourth-order valence-corrected chi connectivity index (χ4v) is 2.37. The van der Waals surface area contributed by atoms with Crippen LogP contribution in [-0.2, 0) is 6.42 Å². The molecule has 1 nitrogen and oxygen atoms in total. The van der Waals surface area contributed by atoms with E-state index in [2.05, 4.69) is 17.4 Å². The number of hydrogen-bond donors (Lipinski definition) is 1. The van der Waals surface area contributed by atoms with Crippen LogP contribution < -0.4 is 5.32 Å². The van der Waals surface area contributed by atoms with E-state index >= 15 is 0 Å². The summed E-state index contributed by atoms with van der Waals surface area (Å²) >= 11 is 0. The lowest BCUT2D eigenvalue weighted by atomic mass is 9.99. The second kappa shape index (κ2) is 7.15. The van der Waals surface area contributed by atoms with Gasteiger partial charge in [-0.1, -0.05) is 36.4 Å². The molecule has 0 aliphatic rings. The number of benzene rings is 2. The van der Waals surface area contributed by atoms with Crippen LogP contribution in [0.2, 0.25) is 0 Å². The number of aryl methyl sites for hydroxylation is 1. The largest absolute Gasteiger partial charge is 0.313 e. The molecule has 0 saturated carbocycles.